The van der Waals surface area contributed by atoms with Gasteiger partial charge in [-0.1, -0.05) is 28.1 Å². The number of carbonyl (C=O) groups is 1. The van der Waals surface area contributed by atoms with Gasteiger partial charge >= 0.3 is 0 Å². The average molecular weight is 389 g/mol. The largest absolute Gasteiger partial charge is 0.325 e. The Hall–Kier alpha value is -1.33. The molecule has 1 aliphatic heterocycles. The molecule has 1 aromatic heterocycles. The van der Waals surface area contributed by atoms with Crippen LogP contribution in [0.1, 0.15) is 23.8 Å². The van der Waals surface area contributed by atoms with E-state index in [-0.39, 0.29) is 11.3 Å². The van der Waals surface area contributed by atoms with Crippen molar-refractivity contribution in [2.75, 3.05) is 12.3 Å². The summed E-state index contributed by atoms with van der Waals surface area (Å²) < 4.78 is 1.07. The molecular formula is C18H17BrN2OS. The van der Waals surface area contributed by atoms with Gasteiger partial charge in [0.1, 0.15) is 5.37 Å². The molecule has 1 atom stereocenters. The van der Waals surface area contributed by atoms with Crippen molar-refractivity contribution in [1.82, 2.24) is 9.88 Å². The molecule has 1 amide bonds. The molecule has 0 spiro atoms. The van der Waals surface area contributed by atoms with E-state index in [1.807, 2.05) is 12.4 Å². The number of hydrogen-bond donors (Lipinski definition) is 0. The molecule has 2 fully saturated rings. The number of benzene rings is 1. The number of aromatic nitrogens is 1. The summed E-state index contributed by atoms with van der Waals surface area (Å²) in [5.74, 6) is 1.54. The molecule has 1 saturated carbocycles. The number of rotatable bonds is 4. The van der Waals surface area contributed by atoms with E-state index in [0.29, 0.717) is 11.7 Å². The van der Waals surface area contributed by atoms with Crippen LogP contribution in [0.3, 0.4) is 0 Å². The van der Waals surface area contributed by atoms with Gasteiger partial charge in [-0.05, 0) is 48.1 Å². The van der Waals surface area contributed by atoms with Crippen molar-refractivity contribution in [3.8, 4) is 11.1 Å². The fraction of sp³-hybridized carbons (Fsp3) is 0.333. The lowest BCUT2D eigenvalue weighted by atomic mass is 10.0. The van der Waals surface area contributed by atoms with Gasteiger partial charge in [0.2, 0.25) is 5.91 Å². The molecule has 4 rings (SSSR count). The first-order valence-corrected chi connectivity index (χ1v) is 9.67. The van der Waals surface area contributed by atoms with Crippen molar-refractivity contribution in [3.63, 3.8) is 0 Å². The average Bonchev–Trinajstić information content (AvgIpc) is 3.32. The Morgan fingerprint density at radius 2 is 2.00 bits per heavy atom. The lowest BCUT2D eigenvalue weighted by Crippen LogP contribution is -2.30. The predicted octanol–water partition coefficient (Wildman–Crippen LogP) is 4.50. The van der Waals surface area contributed by atoms with Crippen LogP contribution in [0.5, 0.6) is 0 Å². The fourth-order valence-corrected chi connectivity index (χ4v) is 4.47. The minimum Gasteiger partial charge on any atom is -0.325 e. The van der Waals surface area contributed by atoms with Crippen LogP contribution in [0.4, 0.5) is 0 Å². The molecule has 0 bridgehead atoms. The summed E-state index contributed by atoms with van der Waals surface area (Å²) in [5, 5.41) is 0.0930. The lowest BCUT2D eigenvalue weighted by molar-refractivity contribution is -0.128. The van der Waals surface area contributed by atoms with Crippen LogP contribution in [0.15, 0.2) is 47.2 Å². The Morgan fingerprint density at radius 1 is 1.22 bits per heavy atom. The van der Waals surface area contributed by atoms with Gasteiger partial charge in [0.05, 0.1) is 5.75 Å². The van der Waals surface area contributed by atoms with E-state index < -0.39 is 0 Å². The van der Waals surface area contributed by atoms with E-state index in [0.717, 1.165) is 22.1 Å². The number of pyridine rings is 1. The smallest absolute Gasteiger partial charge is 0.233 e. The van der Waals surface area contributed by atoms with Crippen LogP contribution in [0.2, 0.25) is 0 Å². The molecular weight excluding hydrogens is 372 g/mol. The second-order valence-electron chi connectivity index (χ2n) is 6.12. The Kier molecular flexibility index (Phi) is 4.16. The summed E-state index contributed by atoms with van der Waals surface area (Å²) >= 11 is 5.21. The summed E-state index contributed by atoms with van der Waals surface area (Å²) in [7, 11) is 0. The molecule has 1 unspecified atom stereocenters. The molecule has 2 aliphatic rings. The van der Waals surface area contributed by atoms with Crippen LogP contribution in [0.25, 0.3) is 11.1 Å². The van der Waals surface area contributed by atoms with Gasteiger partial charge in [-0.15, -0.1) is 11.8 Å². The molecule has 0 radical (unpaired) electrons. The third-order valence-electron chi connectivity index (χ3n) is 4.39. The van der Waals surface area contributed by atoms with E-state index in [9.17, 15) is 4.79 Å². The number of thioether (sulfide) groups is 1. The van der Waals surface area contributed by atoms with Crippen molar-refractivity contribution in [2.24, 2.45) is 5.92 Å². The zero-order chi connectivity index (χ0) is 15.8. The predicted molar refractivity (Wildman–Crippen MR) is 97.0 cm³/mol. The Balaban J connectivity index is 1.70. The summed E-state index contributed by atoms with van der Waals surface area (Å²) in [6, 6.07) is 10.4. The van der Waals surface area contributed by atoms with Gasteiger partial charge in [0.25, 0.3) is 0 Å². The van der Waals surface area contributed by atoms with E-state index >= 15 is 0 Å². The molecule has 1 saturated heterocycles. The first-order chi connectivity index (χ1) is 11.2. The Morgan fingerprint density at radius 3 is 2.74 bits per heavy atom. The summed E-state index contributed by atoms with van der Waals surface area (Å²) in [6.07, 6.45) is 6.27. The molecule has 0 N–H and O–H groups in total. The van der Waals surface area contributed by atoms with Crippen LogP contribution in [-0.4, -0.2) is 28.1 Å². The quantitative estimate of drug-likeness (QED) is 0.772. The summed E-state index contributed by atoms with van der Waals surface area (Å²) in [4.78, 5) is 18.7. The number of carbonyl (C=O) groups excluding carboxylic acids is 1. The number of halogens is 1. The SMILES string of the molecule is O=C1CSC(c2cnccc2-c2ccc(Br)cc2)N1CC1CC1. The maximum atomic E-state index is 12.3. The second kappa shape index (κ2) is 6.29. The van der Waals surface area contributed by atoms with Crippen LogP contribution >= 0.6 is 27.7 Å². The van der Waals surface area contributed by atoms with Crippen molar-refractivity contribution < 1.29 is 4.79 Å². The number of amides is 1. The van der Waals surface area contributed by atoms with Gasteiger partial charge in [0.15, 0.2) is 0 Å². The molecule has 2 aromatic rings. The fourth-order valence-electron chi connectivity index (χ4n) is 2.98. The van der Waals surface area contributed by atoms with E-state index in [1.165, 1.54) is 18.4 Å². The highest BCUT2D eigenvalue weighted by molar-refractivity contribution is 9.10. The number of hydrogen-bond acceptors (Lipinski definition) is 3. The summed E-state index contributed by atoms with van der Waals surface area (Å²) in [5.41, 5.74) is 3.48. The third-order valence-corrected chi connectivity index (χ3v) is 6.16. The molecule has 118 valence electrons. The molecule has 5 heteroatoms. The van der Waals surface area contributed by atoms with E-state index in [2.05, 4.69) is 56.1 Å². The van der Waals surface area contributed by atoms with Crippen LogP contribution < -0.4 is 0 Å². The Labute approximate surface area is 148 Å². The van der Waals surface area contributed by atoms with E-state index in [1.54, 1.807) is 11.8 Å². The Bertz CT molecular complexity index is 730. The highest BCUT2D eigenvalue weighted by Crippen LogP contribution is 2.44. The van der Waals surface area contributed by atoms with Gasteiger partial charge in [-0.25, -0.2) is 0 Å². The van der Waals surface area contributed by atoms with Crippen molar-refractivity contribution in [3.05, 3.63) is 52.8 Å². The standard InChI is InChI=1S/C18H17BrN2OS/c19-14-5-3-13(4-6-14)15-7-8-20-9-16(15)18-21(10-12-1-2-12)17(22)11-23-18/h3-9,12,18H,1-2,10-11H2. The zero-order valence-electron chi connectivity index (χ0n) is 12.6. The van der Waals surface area contributed by atoms with Crippen molar-refractivity contribution >= 4 is 33.6 Å². The molecule has 1 aliphatic carbocycles. The summed E-state index contributed by atoms with van der Waals surface area (Å²) in [6.45, 7) is 0.894. The molecule has 1 aromatic carbocycles. The third kappa shape index (κ3) is 3.17. The normalized spacial score (nSPS) is 21.0. The topological polar surface area (TPSA) is 33.2 Å². The maximum absolute atomic E-state index is 12.3. The minimum absolute atomic E-state index is 0.0930. The van der Waals surface area contributed by atoms with Crippen molar-refractivity contribution in [2.45, 2.75) is 18.2 Å². The van der Waals surface area contributed by atoms with Gasteiger partial charge in [-0.3, -0.25) is 9.78 Å². The first-order valence-electron chi connectivity index (χ1n) is 7.83. The first kappa shape index (κ1) is 15.2. The number of nitrogens with zero attached hydrogens (tertiary/aromatic N) is 2. The van der Waals surface area contributed by atoms with Gasteiger partial charge < -0.3 is 4.90 Å². The van der Waals surface area contributed by atoms with Gasteiger partial charge in [0, 0.05) is 29.0 Å². The molecule has 3 nitrogen and oxygen atoms in total. The second-order valence-corrected chi connectivity index (χ2v) is 8.11. The van der Waals surface area contributed by atoms with Crippen LogP contribution in [-0.2, 0) is 4.79 Å². The lowest BCUT2D eigenvalue weighted by Gasteiger charge is -2.25. The van der Waals surface area contributed by atoms with Crippen molar-refractivity contribution in [1.29, 1.82) is 0 Å². The molecule has 23 heavy (non-hydrogen) atoms. The van der Waals surface area contributed by atoms with E-state index in [4.69, 9.17) is 0 Å². The molecule has 2 heterocycles. The minimum atomic E-state index is 0.0930. The highest BCUT2D eigenvalue weighted by Gasteiger charge is 2.37. The maximum Gasteiger partial charge on any atom is 0.233 e. The zero-order valence-corrected chi connectivity index (χ0v) is 15.0. The van der Waals surface area contributed by atoms with Crippen LogP contribution in [0, 0.1) is 5.92 Å². The highest BCUT2D eigenvalue weighted by atomic mass is 79.9. The monoisotopic (exact) mass is 388 g/mol. The van der Waals surface area contributed by atoms with Gasteiger partial charge in [-0.2, -0.15) is 0 Å².